The van der Waals surface area contributed by atoms with Crippen LogP contribution in [0.3, 0.4) is 0 Å². The van der Waals surface area contributed by atoms with Crippen LogP contribution in [0.25, 0.3) is 5.70 Å². The maximum absolute atomic E-state index is 6.09. The molecule has 0 radical (unpaired) electrons. The number of benzene rings is 1. The summed E-state index contributed by atoms with van der Waals surface area (Å²) >= 11 is 0. The second-order valence-corrected chi connectivity index (χ2v) is 5.06. The minimum absolute atomic E-state index is 0.117. The van der Waals surface area contributed by atoms with E-state index in [9.17, 15) is 0 Å². The standard InChI is InChI=1S/C15H19N/c1-11-7-6-10-14(16)12-8-4-5-9-13(12)15(11,2)3/h4-11H,16H2,1-3H3/b7-6-,14-10-. The Labute approximate surface area is 97.7 Å². The van der Waals surface area contributed by atoms with Crippen LogP contribution in [-0.4, -0.2) is 0 Å². The summed E-state index contributed by atoms with van der Waals surface area (Å²) in [5, 5.41) is 0. The molecule has 1 nitrogen and oxygen atoms in total. The smallest absolute Gasteiger partial charge is 0.0390 e. The van der Waals surface area contributed by atoms with Crippen molar-refractivity contribution in [3.63, 3.8) is 0 Å². The van der Waals surface area contributed by atoms with Gasteiger partial charge in [-0.15, -0.1) is 0 Å². The molecule has 0 bridgehead atoms. The molecule has 0 saturated heterocycles. The summed E-state index contributed by atoms with van der Waals surface area (Å²) in [4.78, 5) is 0. The Morgan fingerprint density at radius 1 is 1.19 bits per heavy atom. The van der Waals surface area contributed by atoms with Crippen molar-refractivity contribution in [3.8, 4) is 0 Å². The maximum Gasteiger partial charge on any atom is 0.0390 e. The van der Waals surface area contributed by atoms with Crippen LogP contribution in [0.15, 0.2) is 42.5 Å². The van der Waals surface area contributed by atoms with Crippen molar-refractivity contribution in [1.29, 1.82) is 0 Å². The normalized spacial score (nSPS) is 28.2. The molecule has 1 aliphatic carbocycles. The molecule has 0 spiro atoms. The third-order valence-corrected chi connectivity index (χ3v) is 3.75. The summed E-state index contributed by atoms with van der Waals surface area (Å²) in [7, 11) is 0. The van der Waals surface area contributed by atoms with Gasteiger partial charge in [0.2, 0.25) is 0 Å². The van der Waals surface area contributed by atoms with Crippen LogP contribution in [0, 0.1) is 5.92 Å². The molecule has 1 aromatic carbocycles. The van der Waals surface area contributed by atoms with Gasteiger partial charge in [0.25, 0.3) is 0 Å². The molecule has 0 saturated carbocycles. The van der Waals surface area contributed by atoms with E-state index in [4.69, 9.17) is 5.73 Å². The van der Waals surface area contributed by atoms with Gasteiger partial charge in [-0.2, -0.15) is 0 Å². The van der Waals surface area contributed by atoms with Gasteiger partial charge < -0.3 is 5.73 Å². The first-order chi connectivity index (χ1) is 7.53. The first-order valence-electron chi connectivity index (χ1n) is 5.77. The molecule has 84 valence electrons. The molecule has 0 heterocycles. The minimum atomic E-state index is 0.117. The van der Waals surface area contributed by atoms with Crippen molar-refractivity contribution in [3.05, 3.63) is 53.6 Å². The highest BCUT2D eigenvalue weighted by Crippen LogP contribution is 2.37. The third kappa shape index (κ3) is 1.67. The summed E-state index contributed by atoms with van der Waals surface area (Å²) in [5.74, 6) is 0.498. The molecule has 1 atom stereocenters. The second-order valence-electron chi connectivity index (χ2n) is 5.06. The molecule has 2 N–H and O–H groups in total. The predicted molar refractivity (Wildman–Crippen MR) is 69.9 cm³/mol. The van der Waals surface area contributed by atoms with Crippen molar-refractivity contribution < 1.29 is 0 Å². The average molecular weight is 213 g/mol. The van der Waals surface area contributed by atoms with E-state index in [1.807, 2.05) is 12.1 Å². The fourth-order valence-corrected chi connectivity index (χ4v) is 2.20. The van der Waals surface area contributed by atoms with Gasteiger partial charge in [-0.05, 0) is 23.0 Å². The Balaban J connectivity index is 2.69. The van der Waals surface area contributed by atoms with Gasteiger partial charge in [-0.3, -0.25) is 0 Å². The quantitative estimate of drug-likeness (QED) is 0.701. The van der Waals surface area contributed by atoms with Gasteiger partial charge in [0.15, 0.2) is 0 Å². The van der Waals surface area contributed by atoms with Gasteiger partial charge in [0.1, 0.15) is 0 Å². The molecule has 0 aliphatic heterocycles. The van der Waals surface area contributed by atoms with Crippen LogP contribution in [0.1, 0.15) is 31.9 Å². The molecule has 0 fully saturated rings. The summed E-state index contributed by atoms with van der Waals surface area (Å²) in [5.41, 5.74) is 9.57. The highest BCUT2D eigenvalue weighted by atomic mass is 14.6. The fraction of sp³-hybridized carbons (Fsp3) is 0.333. The summed E-state index contributed by atoms with van der Waals surface area (Å²) in [6.07, 6.45) is 6.28. The average Bonchev–Trinajstić information content (AvgIpc) is 2.27. The highest BCUT2D eigenvalue weighted by molar-refractivity contribution is 5.68. The summed E-state index contributed by atoms with van der Waals surface area (Å²) in [6.45, 7) is 6.81. The lowest BCUT2D eigenvalue weighted by atomic mass is 9.71. The van der Waals surface area contributed by atoms with E-state index < -0.39 is 0 Å². The second kappa shape index (κ2) is 3.82. The van der Waals surface area contributed by atoms with Crippen molar-refractivity contribution >= 4 is 5.70 Å². The van der Waals surface area contributed by atoms with Crippen molar-refractivity contribution in [2.75, 3.05) is 0 Å². The minimum Gasteiger partial charge on any atom is -0.398 e. The van der Waals surface area contributed by atoms with E-state index in [0.717, 1.165) is 5.70 Å². The van der Waals surface area contributed by atoms with Gasteiger partial charge in [-0.1, -0.05) is 57.2 Å². The highest BCUT2D eigenvalue weighted by Gasteiger charge is 2.29. The molecular weight excluding hydrogens is 194 g/mol. The zero-order valence-corrected chi connectivity index (χ0v) is 10.2. The summed E-state index contributed by atoms with van der Waals surface area (Å²) in [6, 6.07) is 8.43. The number of nitrogens with two attached hydrogens (primary N) is 1. The number of fused-ring (bicyclic) bond motifs is 1. The number of hydrogen-bond acceptors (Lipinski definition) is 1. The Hall–Kier alpha value is -1.50. The number of allylic oxidation sites excluding steroid dienone is 3. The van der Waals surface area contributed by atoms with Crippen molar-refractivity contribution in [1.82, 2.24) is 0 Å². The van der Waals surface area contributed by atoms with Crippen LogP contribution in [0.2, 0.25) is 0 Å². The van der Waals surface area contributed by atoms with Gasteiger partial charge >= 0.3 is 0 Å². The molecular formula is C15H19N. The molecule has 2 rings (SSSR count). The number of rotatable bonds is 0. The zero-order valence-electron chi connectivity index (χ0n) is 10.2. The lowest BCUT2D eigenvalue weighted by Gasteiger charge is -2.33. The molecule has 0 aromatic heterocycles. The fourth-order valence-electron chi connectivity index (χ4n) is 2.20. The van der Waals surface area contributed by atoms with E-state index in [-0.39, 0.29) is 5.41 Å². The molecule has 16 heavy (non-hydrogen) atoms. The zero-order chi connectivity index (χ0) is 11.8. The van der Waals surface area contributed by atoms with Gasteiger partial charge in [0, 0.05) is 11.3 Å². The Morgan fingerprint density at radius 2 is 1.88 bits per heavy atom. The van der Waals surface area contributed by atoms with E-state index in [1.165, 1.54) is 11.1 Å². The van der Waals surface area contributed by atoms with Crippen LogP contribution in [0.4, 0.5) is 0 Å². The third-order valence-electron chi connectivity index (χ3n) is 3.75. The number of hydrogen-bond donors (Lipinski definition) is 1. The van der Waals surface area contributed by atoms with E-state index in [0.29, 0.717) is 5.92 Å². The SMILES string of the molecule is CC1/C=C\C=C(/N)c2ccccc2C1(C)C. The molecule has 1 heteroatoms. The van der Waals surface area contributed by atoms with E-state index >= 15 is 0 Å². The van der Waals surface area contributed by atoms with Gasteiger partial charge in [-0.25, -0.2) is 0 Å². The van der Waals surface area contributed by atoms with Gasteiger partial charge in [0.05, 0.1) is 0 Å². The Morgan fingerprint density at radius 3 is 2.62 bits per heavy atom. The topological polar surface area (TPSA) is 26.0 Å². The van der Waals surface area contributed by atoms with Crippen LogP contribution >= 0.6 is 0 Å². The van der Waals surface area contributed by atoms with E-state index in [2.05, 4.69) is 51.1 Å². The van der Waals surface area contributed by atoms with Crippen LogP contribution < -0.4 is 5.73 Å². The lowest BCUT2D eigenvalue weighted by molar-refractivity contribution is 0.408. The Kier molecular flexibility index (Phi) is 2.63. The first-order valence-corrected chi connectivity index (χ1v) is 5.77. The van der Waals surface area contributed by atoms with Crippen molar-refractivity contribution in [2.24, 2.45) is 11.7 Å². The summed E-state index contributed by atoms with van der Waals surface area (Å²) < 4.78 is 0. The van der Waals surface area contributed by atoms with Crippen molar-refractivity contribution in [2.45, 2.75) is 26.2 Å². The van der Waals surface area contributed by atoms with Crippen LogP contribution in [-0.2, 0) is 5.41 Å². The molecule has 1 unspecified atom stereocenters. The molecule has 1 aliphatic rings. The predicted octanol–water partition coefficient (Wildman–Crippen LogP) is 3.47. The first kappa shape index (κ1) is 11.0. The Bertz CT molecular complexity index is 452. The lowest BCUT2D eigenvalue weighted by Crippen LogP contribution is -2.27. The largest absolute Gasteiger partial charge is 0.398 e. The monoisotopic (exact) mass is 213 g/mol. The van der Waals surface area contributed by atoms with Crippen LogP contribution in [0.5, 0.6) is 0 Å². The molecule has 0 amide bonds. The molecule has 1 aromatic rings. The maximum atomic E-state index is 6.09. The van der Waals surface area contributed by atoms with E-state index in [1.54, 1.807) is 0 Å².